The minimum Gasteiger partial charge on any atom is -0.481 e. The first-order valence-electron chi connectivity index (χ1n) is 8.55. The van der Waals surface area contributed by atoms with Crippen LogP contribution in [0.2, 0.25) is 0 Å². The fourth-order valence-electron chi connectivity index (χ4n) is 3.06. The number of hydrogen-bond donors (Lipinski definition) is 1. The summed E-state index contributed by atoms with van der Waals surface area (Å²) in [7, 11) is 0. The van der Waals surface area contributed by atoms with E-state index in [1.165, 1.54) is 5.56 Å². The minimum atomic E-state index is -0.676. The van der Waals surface area contributed by atoms with Gasteiger partial charge >= 0.3 is 5.97 Å². The molecule has 0 atom stereocenters. The summed E-state index contributed by atoms with van der Waals surface area (Å²) in [5.74, 6) is -0.189. The van der Waals surface area contributed by atoms with Crippen molar-refractivity contribution in [2.45, 2.75) is 45.4 Å². The van der Waals surface area contributed by atoms with Gasteiger partial charge in [-0.15, -0.1) is 0 Å². The van der Waals surface area contributed by atoms with E-state index >= 15 is 0 Å². The number of rotatable bonds is 7. The highest BCUT2D eigenvalue weighted by Crippen LogP contribution is 2.18. The van der Waals surface area contributed by atoms with E-state index in [1.807, 2.05) is 24.3 Å². The molecule has 1 saturated heterocycles. The van der Waals surface area contributed by atoms with Gasteiger partial charge < -0.3 is 10.0 Å². The molecule has 0 aliphatic carbocycles. The molecule has 0 unspecified atom stereocenters. The second-order valence-corrected chi connectivity index (χ2v) is 6.76. The van der Waals surface area contributed by atoms with Crippen LogP contribution >= 0.6 is 0 Å². The van der Waals surface area contributed by atoms with E-state index in [1.54, 1.807) is 0 Å². The molecule has 1 aliphatic rings. The van der Waals surface area contributed by atoms with Crippen molar-refractivity contribution < 1.29 is 14.7 Å². The van der Waals surface area contributed by atoms with Crippen LogP contribution in [0.5, 0.6) is 0 Å². The number of hydrogen-bond acceptors (Lipinski definition) is 3. The molecule has 4 heteroatoms. The zero-order valence-electron chi connectivity index (χ0n) is 14.1. The van der Waals surface area contributed by atoms with Crippen LogP contribution in [-0.2, 0) is 4.79 Å². The Hall–Kier alpha value is -1.68. The number of carbonyl (C=O) groups is 2. The number of carbonyl (C=O) groups excluding carboxylic acids is 1. The maximum atomic E-state index is 12.2. The molecule has 0 amide bonds. The number of likely N-dealkylation sites (tertiary alicyclic amines) is 1. The number of aliphatic carboxylic acids is 1. The molecule has 2 rings (SSSR count). The molecule has 126 valence electrons. The normalized spacial score (nSPS) is 16.7. The lowest BCUT2D eigenvalue weighted by atomic mass is 9.96. The molecule has 1 N–H and O–H groups in total. The molecular formula is C19H27NO3. The molecule has 0 bridgehead atoms. The van der Waals surface area contributed by atoms with Gasteiger partial charge in [-0.2, -0.15) is 0 Å². The van der Waals surface area contributed by atoms with E-state index in [-0.39, 0.29) is 11.7 Å². The van der Waals surface area contributed by atoms with Gasteiger partial charge in [0.05, 0.1) is 5.92 Å². The summed E-state index contributed by atoms with van der Waals surface area (Å²) in [6.07, 6.45) is 2.84. The van der Waals surface area contributed by atoms with Gasteiger partial charge in [0.15, 0.2) is 5.78 Å². The van der Waals surface area contributed by atoms with Crippen molar-refractivity contribution in [3.05, 3.63) is 35.4 Å². The lowest BCUT2D eigenvalue weighted by Crippen LogP contribution is -2.36. The van der Waals surface area contributed by atoms with Crippen molar-refractivity contribution in [1.82, 2.24) is 4.90 Å². The standard InChI is InChI=1S/C19H27NO3/c1-14(2)15-5-7-16(8-6-15)18(21)4-3-11-20-12-9-17(10-13-20)19(22)23/h5-8,14,17H,3-4,9-13H2,1-2H3,(H,22,23). The van der Waals surface area contributed by atoms with Crippen LogP contribution in [0.1, 0.15) is 61.4 Å². The lowest BCUT2D eigenvalue weighted by Gasteiger charge is -2.29. The number of nitrogens with zero attached hydrogens (tertiary/aromatic N) is 1. The molecule has 0 aromatic heterocycles. The number of benzene rings is 1. The Bertz CT molecular complexity index is 528. The Labute approximate surface area is 138 Å². The van der Waals surface area contributed by atoms with Crippen molar-refractivity contribution in [2.24, 2.45) is 5.92 Å². The highest BCUT2D eigenvalue weighted by molar-refractivity contribution is 5.96. The second kappa shape index (κ2) is 8.25. The molecular weight excluding hydrogens is 290 g/mol. The Balaban J connectivity index is 1.72. The van der Waals surface area contributed by atoms with Gasteiger partial charge in [0, 0.05) is 12.0 Å². The monoisotopic (exact) mass is 317 g/mol. The van der Waals surface area contributed by atoms with E-state index in [4.69, 9.17) is 5.11 Å². The minimum absolute atomic E-state index is 0.188. The van der Waals surface area contributed by atoms with Crippen molar-refractivity contribution in [3.63, 3.8) is 0 Å². The summed E-state index contributed by atoms with van der Waals surface area (Å²) in [4.78, 5) is 25.4. The summed E-state index contributed by atoms with van der Waals surface area (Å²) in [6.45, 7) is 6.82. The third-order valence-corrected chi connectivity index (χ3v) is 4.71. The molecule has 1 aromatic rings. The third kappa shape index (κ3) is 5.17. The number of carboxylic acid groups (broad SMARTS) is 1. The van der Waals surface area contributed by atoms with E-state index in [2.05, 4.69) is 18.7 Å². The Morgan fingerprint density at radius 3 is 2.30 bits per heavy atom. The molecule has 1 aromatic carbocycles. The summed E-state index contributed by atoms with van der Waals surface area (Å²) in [5.41, 5.74) is 2.04. The maximum Gasteiger partial charge on any atom is 0.306 e. The smallest absolute Gasteiger partial charge is 0.306 e. The van der Waals surface area contributed by atoms with Gasteiger partial charge in [0.2, 0.25) is 0 Å². The molecule has 1 fully saturated rings. The molecule has 0 saturated carbocycles. The van der Waals surface area contributed by atoms with Crippen LogP contribution < -0.4 is 0 Å². The Morgan fingerprint density at radius 1 is 1.17 bits per heavy atom. The highest BCUT2D eigenvalue weighted by atomic mass is 16.4. The number of carboxylic acids is 1. The van der Waals surface area contributed by atoms with Crippen molar-refractivity contribution >= 4 is 11.8 Å². The van der Waals surface area contributed by atoms with E-state index < -0.39 is 5.97 Å². The predicted molar refractivity (Wildman–Crippen MR) is 90.9 cm³/mol. The van der Waals surface area contributed by atoms with Gasteiger partial charge in [-0.1, -0.05) is 38.1 Å². The first-order chi connectivity index (χ1) is 11.0. The van der Waals surface area contributed by atoms with Crippen molar-refractivity contribution in [3.8, 4) is 0 Å². The number of ketones is 1. The summed E-state index contributed by atoms with van der Waals surface area (Å²) in [6, 6.07) is 7.93. The first-order valence-corrected chi connectivity index (χ1v) is 8.55. The lowest BCUT2D eigenvalue weighted by molar-refractivity contribution is -0.143. The Morgan fingerprint density at radius 2 is 1.78 bits per heavy atom. The van der Waals surface area contributed by atoms with Crippen LogP contribution in [0.4, 0.5) is 0 Å². The molecule has 0 spiro atoms. The fourth-order valence-corrected chi connectivity index (χ4v) is 3.06. The van der Waals surface area contributed by atoms with E-state index in [0.717, 1.165) is 44.5 Å². The van der Waals surface area contributed by atoms with Gasteiger partial charge in [0.25, 0.3) is 0 Å². The van der Waals surface area contributed by atoms with Crippen LogP contribution in [0, 0.1) is 5.92 Å². The third-order valence-electron chi connectivity index (χ3n) is 4.71. The second-order valence-electron chi connectivity index (χ2n) is 6.76. The number of Topliss-reactive ketones (excluding diaryl/α,β-unsaturated/α-hetero) is 1. The quantitative estimate of drug-likeness (QED) is 0.781. The zero-order valence-corrected chi connectivity index (χ0v) is 14.1. The van der Waals surface area contributed by atoms with E-state index in [0.29, 0.717) is 12.3 Å². The summed E-state index contributed by atoms with van der Waals surface area (Å²) < 4.78 is 0. The molecule has 1 aliphatic heterocycles. The van der Waals surface area contributed by atoms with Crippen molar-refractivity contribution in [1.29, 1.82) is 0 Å². The summed E-state index contributed by atoms with van der Waals surface area (Å²) >= 11 is 0. The summed E-state index contributed by atoms with van der Waals surface area (Å²) in [5, 5.41) is 8.99. The van der Waals surface area contributed by atoms with Gasteiger partial charge in [0.1, 0.15) is 0 Å². The maximum absolute atomic E-state index is 12.2. The van der Waals surface area contributed by atoms with Crippen LogP contribution in [-0.4, -0.2) is 41.4 Å². The zero-order chi connectivity index (χ0) is 16.8. The first kappa shape index (κ1) is 17.7. The molecule has 4 nitrogen and oxygen atoms in total. The van der Waals surface area contributed by atoms with Gasteiger partial charge in [-0.3, -0.25) is 9.59 Å². The largest absolute Gasteiger partial charge is 0.481 e. The van der Waals surface area contributed by atoms with Gasteiger partial charge in [-0.25, -0.2) is 0 Å². The molecule has 0 radical (unpaired) electrons. The average molecular weight is 317 g/mol. The van der Waals surface area contributed by atoms with Crippen LogP contribution in [0.3, 0.4) is 0 Å². The Kier molecular flexibility index (Phi) is 6.34. The van der Waals surface area contributed by atoms with Crippen LogP contribution in [0.15, 0.2) is 24.3 Å². The average Bonchev–Trinajstić information content (AvgIpc) is 2.55. The topological polar surface area (TPSA) is 57.6 Å². The van der Waals surface area contributed by atoms with Gasteiger partial charge in [-0.05, 0) is 50.4 Å². The SMILES string of the molecule is CC(C)c1ccc(C(=O)CCCN2CCC(C(=O)O)CC2)cc1. The number of piperidine rings is 1. The van der Waals surface area contributed by atoms with Crippen molar-refractivity contribution in [2.75, 3.05) is 19.6 Å². The van der Waals surface area contributed by atoms with Crippen LogP contribution in [0.25, 0.3) is 0 Å². The predicted octanol–water partition coefficient (Wildman–Crippen LogP) is 3.57. The molecule has 1 heterocycles. The molecule has 23 heavy (non-hydrogen) atoms. The fraction of sp³-hybridized carbons (Fsp3) is 0.579. The van der Waals surface area contributed by atoms with E-state index in [9.17, 15) is 9.59 Å². The highest BCUT2D eigenvalue weighted by Gasteiger charge is 2.24.